The molecule has 0 bridgehead atoms. The number of aromatic amines is 1. The Morgan fingerprint density at radius 1 is 0.857 bits per heavy atom. The monoisotopic (exact) mass is 371 g/mol. The second-order valence-electron chi connectivity index (χ2n) is 7.34. The molecule has 2 aliphatic heterocycles. The molecule has 0 spiro atoms. The van der Waals surface area contributed by atoms with Crippen molar-refractivity contribution >= 4 is 28.3 Å². The SMILES string of the molecule is O=C1c2ccccc2C(=O)N1CCN1CC=C(c2c[nH]c3ccccc23)CC1. The van der Waals surface area contributed by atoms with E-state index < -0.39 is 0 Å². The molecule has 0 atom stereocenters. The molecule has 5 nitrogen and oxygen atoms in total. The Balaban J connectivity index is 1.25. The molecule has 0 fully saturated rings. The second-order valence-corrected chi connectivity index (χ2v) is 7.34. The Bertz CT molecular complexity index is 1080. The fourth-order valence-electron chi connectivity index (χ4n) is 4.18. The lowest BCUT2D eigenvalue weighted by molar-refractivity contribution is 0.0638. The molecule has 1 aromatic heterocycles. The number of carbonyl (C=O) groups excluding carboxylic acids is 2. The predicted octanol–water partition coefficient (Wildman–Crippen LogP) is 3.55. The van der Waals surface area contributed by atoms with Crippen LogP contribution in [-0.2, 0) is 0 Å². The summed E-state index contributed by atoms with van der Waals surface area (Å²) in [7, 11) is 0. The Kier molecular flexibility index (Phi) is 4.10. The lowest BCUT2D eigenvalue weighted by atomic mass is 9.99. The van der Waals surface area contributed by atoms with Gasteiger partial charge in [0.15, 0.2) is 0 Å². The summed E-state index contributed by atoms with van der Waals surface area (Å²) in [4.78, 5) is 32.0. The molecule has 5 rings (SSSR count). The van der Waals surface area contributed by atoms with E-state index in [1.54, 1.807) is 24.3 Å². The molecule has 0 saturated carbocycles. The number of H-pyrrole nitrogens is 1. The Hall–Kier alpha value is -3.18. The number of amides is 2. The Morgan fingerprint density at radius 2 is 1.57 bits per heavy atom. The topological polar surface area (TPSA) is 56.4 Å². The molecule has 140 valence electrons. The van der Waals surface area contributed by atoms with Crippen LogP contribution >= 0.6 is 0 Å². The molecule has 0 saturated heterocycles. The van der Waals surface area contributed by atoms with Gasteiger partial charge in [-0.05, 0) is 30.2 Å². The number of hydrogen-bond donors (Lipinski definition) is 1. The summed E-state index contributed by atoms with van der Waals surface area (Å²) < 4.78 is 0. The van der Waals surface area contributed by atoms with Gasteiger partial charge in [-0.15, -0.1) is 0 Å². The van der Waals surface area contributed by atoms with Crippen molar-refractivity contribution in [2.75, 3.05) is 26.2 Å². The average Bonchev–Trinajstić information content (AvgIpc) is 3.27. The maximum Gasteiger partial charge on any atom is 0.261 e. The zero-order valence-electron chi connectivity index (χ0n) is 15.5. The maximum absolute atomic E-state index is 12.5. The van der Waals surface area contributed by atoms with Gasteiger partial charge in [0.2, 0.25) is 0 Å². The molecular weight excluding hydrogens is 350 g/mol. The first-order chi connectivity index (χ1) is 13.7. The van der Waals surface area contributed by atoms with Crippen LogP contribution in [0, 0.1) is 0 Å². The van der Waals surface area contributed by atoms with Crippen molar-refractivity contribution in [1.29, 1.82) is 0 Å². The number of benzene rings is 2. The van der Waals surface area contributed by atoms with Crippen LogP contribution in [0.5, 0.6) is 0 Å². The van der Waals surface area contributed by atoms with Gasteiger partial charge in [0, 0.05) is 48.8 Å². The van der Waals surface area contributed by atoms with E-state index in [-0.39, 0.29) is 11.8 Å². The van der Waals surface area contributed by atoms with E-state index >= 15 is 0 Å². The highest BCUT2D eigenvalue weighted by atomic mass is 16.2. The minimum atomic E-state index is -0.173. The number of para-hydroxylation sites is 1. The van der Waals surface area contributed by atoms with Crippen molar-refractivity contribution in [3.8, 4) is 0 Å². The molecule has 1 N–H and O–H groups in total. The van der Waals surface area contributed by atoms with Crippen molar-refractivity contribution in [2.45, 2.75) is 6.42 Å². The van der Waals surface area contributed by atoms with E-state index in [1.807, 2.05) is 6.07 Å². The van der Waals surface area contributed by atoms with Crippen LogP contribution < -0.4 is 0 Å². The number of aromatic nitrogens is 1. The molecule has 0 unspecified atom stereocenters. The van der Waals surface area contributed by atoms with Gasteiger partial charge >= 0.3 is 0 Å². The molecule has 3 heterocycles. The number of nitrogens with one attached hydrogen (secondary N) is 1. The highest BCUT2D eigenvalue weighted by Crippen LogP contribution is 2.29. The van der Waals surface area contributed by atoms with E-state index in [2.05, 4.69) is 40.4 Å². The van der Waals surface area contributed by atoms with Crippen molar-refractivity contribution in [2.24, 2.45) is 0 Å². The zero-order chi connectivity index (χ0) is 19.1. The first-order valence-electron chi connectivity index (χ1n) is 9.65. The normalized spacial score (nSPS) is 17.3. The summed E-state index contributed by atoms with van der Waals surface area (Å²) in [5.41, 5.74) is 4.83. The third-order valence-corrected chi connectivity index (χ3v) is 5.75. The minimum Gasteiger partial charge on any atom is -0.361 e. The zero-order valence-corrected chi connectivity index (χ0v) is 15.5. The quantitative estimate of drug-likeness (QED) is 0.714. The number of hydrogen-bond acceptors (Lipinski definition) is 3. The molecule has 2 aromatic carbocycles. The number of fused-ring (bicyclic) bond motifs is 2. The van der Waals surface area contributed by atoms with Gasteiger partial charge in [0.25, 0.3) is 11.8 Å². The first kappa shape index (κ1) is 17.0. The van der Waals surface area contributed by atoms with E-state index in [4.69, 9.17) is 0 Å². The summed E-state index contributed by atoms with van der Waals surface area (Å²) in [6.07, 6.45) is 5.32. The second kappa shape index (κ2) is 6.77. The number of imide groups is 1. The van der Waals surface area contributed by atoms with E-state index in [0.717, 1.165) is 25.0 Å². The van der Waals surface area contributed by atoms with E-state index in [9.17, 15) is 9.59 Å². The van der Waals surface area contributed by atoms with Crippen LogP contribution in [0.15, 0.2) is 60.8 Å². The lowest BCUT2D eigenvalue weighted by Gasteiger charge is -2.27. The lowest BCUT2D eigenvalue weighted by Crippen LogP contribution is -2.39. The van der Waals surface area contributed by atoms with Crippen molar-refractivity contribution < 1.29 is 9.59 Å². The first-order valence-corrected chi connectivity index (χ1v) is 9.65. The standard InChI is InChI=1S/C23H21N3O2/c27-22-18-6-1-2-7-19(18)23(28)26(22)14-13-25-11-9-16(10-12-25)20-15-24-21-8-4-3-5-17(20)21/h1-9,15,24H,10-14H2. The largest absolute Gasteiger partial charge is 0.361 e. The van der Waals surface area contributed by atoms with Gasteiger partial charge < -0.3 is 4.98 Å². The summed E-state index contributed by atoms with van der Waals surface area (Å²) >= 11 is 0. The smallest absolute Gasteiger partial charge is 0.261 e. The van der Waals surface area contributed by atoms with Crippen LogP contribution in [0.3, 0.4) is 0 Å². The summed E-state index contributed by atoms with van der Waals surface area (Å²) in [6.45, 7) is 2.89. The summed E-state index contributed by atoms with van der Waals surface area (Å²) in [5.74, 6) is -0.347. The summed E-state index contributed by atoms with van der Waals surface area (Å²) in [6, 6.07) is 15.4. The average molecular weight is 371 g/mol. The van der Waals surface area contributed by atoms with Gasteiger partial charge in [-0.1, -0.05) is 36.4 Å². The van der Waals surface area contributed by atoms with Gasteiger partial charge in [0.1, 0.15) is 0 Å². The van der Waals surface area contributed by atoms with Crippen molar-refractivity contribution in [3.05, 3.63) is 77.5 Å². The van der Waals surface area contributed by atoms with E-state index in [0.29, 0.717) is 24.2 Å². The highest BCUT2D eigenvalue weighted by molar-refractivity contribution is 6.21. The van der Waals surface area contributed by atoms with Crippen molar-refractivity contribution in [1.82, 2.24) is 14.8 Å². The fourth-order valence-corrected chi connectivity index (χ4v) is 4.18. The van der Waals surface area contributed by atoms with Gasteiger partial charge in [-0.25, -0.2) is 0 Å². The maximum atomic E-state index is 12.5. The molecule has 3 aromatic rings. The van der Waals surface area contributed by atoms with Crippen molar-refractivity contribution in [3.63, 3.8) is 0 Å². The van der Waals surface area contributed by atoms with Gasteiger partial charge in [-0.2, -0.15) is 0 Å². The molecule has 0 radical (unpaired) electrons. The van der Waals surface area contributed by atoms with Crippen LogP contribution in [0.25, 0.3) is 16.5 Å². The Morgan fingerprint density at radius 3 is 2.29 bits per heavy atom. The van der Waals surface area contributed by atoms with Gasteiger partial charge in [-0.3, -0.25) is 19.4 Å². The summed E-state index contributed by atoms with van der Waals surface area (Å²) in [5, 5.41) is 1.26. The molecule has 2 aliphatic rings. The minimum absolute atomic E-state index is 0.173. The van der Waals surface area contributed by atoms with Gasteiger partial charge in [0.05, 0.1) is 11.1 Å². The molecular formula is C23H21N3O2. The fraction of sp³-hybridized carbons (Fsp3) is 0.217. The number of rotatable bonds is 4. The molecule has 5 heteroatoms. The van der Waals surface area contributed by atoms with Crippen LogP contribution in [0.2, 0.25) is 0 Å². The highest BCUT2D eigenvalue weighted by Gasteiger charge is 2.34. The molecule has 2 amide bonds. The predicted molar refractivity (Wildman–Crippen MR) is 109 cm³/mol. The Labute approximate surface area is 163 Å². The van der Waals surface area contributed by atoms with Crippen LogP contribution in [0.4, 0.5) is 0 Å². The number of carbonyl (C=O) groups is 2. The third-order valence-electron chi connectivity index (χ3n) is 5.75. The molecule has 28 heavy (non-hydrogen) atoms. The van der Waals surface area contributed by atoms with Crippen LogP contribution in [0.1, 0.15) is 32.7 Å². The van der Waals surface area contributed by atoms with E-state index in [1.165, 1.54) is 21.4 Å². The third kappa shape index (κ3) is 2.75. The molecule has 0 aliphatic carbocycles. The number of nitrogens with zero attached hydrogens (tertiary/aromatic N) is 2. The van der Waals surface area contributed by atoms with Crippen LogP contribution in [-0.4, -0.2) is 52.8 Å².